The van der Waals surface area contributed by atoms with Crippen molar-refractivity contribution < 1.29 is 24.2 Å². The van der Waals surface area contributed by atoms with Crippen molar-refractivity contribution in [2.45, 2.75) is 25.7 Å². The van der Waals surface area contributed by atoms with Gasteiger partial charge in [0.2, 0.25) is 5.91 Å². The van der Waals surface area contributed by atoms with Gasteiger partial charge in [0.05, 0.1) is 24.5 Å². The molecule has 2 unspecified atom stereocenters. The van der Waals surface area contributed by atoms with Crippen molar-refractivity contribution in [2.75, 3.05) is 18.1 Å². The average molecular weight is 369 g/mol. The molecule has 1 fully saturated rings. The highest BCUT2D eigenvalue weighted by atomic mass is 16.6. The van der Waals surface area contributed by atoms with E-state index >= 15 is 0 Å². The summed E-state index contributed by atoms with van der Waals surface area (Å²) in [5.74, 6) is 0.416. The zero-order valence-corrected chi connectivity index (χ0v) is 14.7. The van der Waals surface area contributed by atoms with Gasteiger partial charge in [-0.15, -0.1) is 0 Å². The van der Waals surface area contributed by atoms with Crippen LogP contribution in [0.2, 0.25) is 0 Å². The number of nitrogens with one attached hydrogen (secondary N) is 1. The van der Waals surface area contributed by atoms with Crippen LogP contribution in [-0.2, 0) is 16.1 Å². The molecule has 8 heteroatoms. The first kappa shape index (κ1) is 17.3. The van der Waals surface area contributed by atoms with Crippen LogP contribution in [0.3, 0.4) is 0 Å². The van der Waals surface area contributed by atoms with Crippen LogP contribution in [0.4, 0.5) is 10.5 Å². The lowest BCUT2D eigenvalue weighted by molar-refractivity contribution is -0.119. The zero-order chi connectivity index (χ0) is 19.0. The molecular formula is C19H19N3O5. The lowest BCUT2D eigenvalue weighted by Gasteiger charge is -2.31. The molecule has 1 aromatic heterocycles. The van der Waals surface area contributed by atoms with Gasteiger partial charge in [-0.05, 0) is 23.8 Å². The van der Waals surface area contributed by atoms with Crippen molar-refractivity contribution in [1.82, 2.24) is 10.3 Å². The third-order valence-electron chi connectivity index (χ3n) is 4.71. The zero-order valence-electron chi connectivity index (χ0n) is 14.7. The Morgan fingerprint density at radius 1 is 1.33 bits per heavy atom. The largest absolute Gasteiger partial charge is 0.489 e. The Balaban J connectivity index is 1.59. The highest BCUT2D eigenvalue weighted by Crippen LogP contribution is 2.40. The molecule has 2 N–H and O–H groups in total. The molecule has 0 radical (unpaired) electrons. The standard InChI is InChI=1S/C19H19N3O5/c1-11(24)20-8-18-16-10-26-17-6-12(13-2-4-14(9-23)21-7-13)3-5-15(17)22(16)19(25)27-18/h2-7,16,18,23H,8-10H2,1H3,(H,20,24). The molecule has 3 heterocycles. The number of carbonyl (C=O) groups excluding carboxylic acids is 2. The van der Waals surface area contributed by atoms with Crippen molar-refractivity contribution in [3.05, 3.63) is 42.2 Å². The Morgan fingerprint density at radius 3 is 2.85 bits per heavy atom. The van der Waals surface area contributed by atoms with E-state index in [0.29, 0.717) is 17.1 Å². The number of benzene rings is 1. The number of hydrogen-bond donors (Lipinski definition) is 2. The highest BCUT2D eigenvalue weighted by molar-refractivity contribution is 5.94. The SMILES string of the molecule is CC(=O)NCC1OC(=O)N2c3ccc(-c4ccc(CO)nc4)cc3OCC12. The number of nitrogens with zero attached hydrogens (tertiary/aromatic N) is 2. The Kier molecular flexibility index (Phi) is 4.41. The first-order valence-corrected chi connectivity index (χ1v) is 8.64. The minimum Gasteiger partial charge on any atom is -0.489 e. The van der Waals surface area contributed by atoms with E-state index in [0.717, 1.165) is 11.1 Å². The number of hydrogen-bond acceptors (Lipinski definition) is 6. The molecule has 0 spiro atoms. The summed E-state index contributed by atoms with van der Waals surface area (Å²) in [6, 6.07) is 8.91. The number of aliphatic hydroxyl groups excluding tert-OH is 1. The summed E-state index contributed by atoms with van der Waals surface area (Å²) in [7, 11) is 0. The van der Waals surface area contributed by atoms with Crippen molar-refractivity contribution in [2.24, 2.45) is 0 Å². The van der Waals surface area contributed by atoms with Crippen LogP contribution >= 0.6 is 0 Å². The number of rotatable bonds is 4. The third kappa shape index (κ3) is 3.19. The van der Waals surface area contributed by atoms with E-state index in [-0.39, 0.29) is 31.7 Å². The molecular weight excluding hydrogens is 350 g/mol. The monoisotopic (exact) mass is 369 g/mol. The van der Waals surface area contributed by atoms with E-state index in [4.69, 9.17) is 14.6 Å². The summed E-state index contributed by atoms with van der Waals surface area (Å²) >= 11 is 0. The molecule has 2 aliphatic rings. The Morgan fingerprint density at radius 2 is 2.15 bits per heavy atom. The van der Waals surface area contributed by atoms with Crippen LogP contribution < -0.4 is 15.0 Å². The molecule has 2 atom stereocenters. The molecule has 8 nitrogen and oxygen atoms in total. The summed E-state index contributed by atoms with van der Waals surface area (Å²) in [4.78, 5) is 29.3. The van der Waals surface area contributed by atoms with E-state index in [2.05, 4.69) is 10.3 Å². The van der Waals surface area contributed by atoms with Gasteiger partial charge in [0.1, 0.15) is 24.5 Å². The minimum atomic E-state index is -0.454. The molecule has 2 aliphatic heterocycles. The average Bonchev–Trinajstić information content (AvgIpc) is 3.02. The van der Waals surface area contributed by atoms with Crippen molar-refractivity contribution >= 4 is 17.7 Å². The van der Waals surface area contributed by atoms with Gasteiger partial charge < -0.3 is 19.9 Å². The fraction of sp³-hybridized carbons (Fsp3) is 0.316. The maximum Gasteiger partial charge on any atom is 0.415 e. The number of anilines is 1. The van der Waals surface area contributed by atoms with Gasteiger partial charge in [0.15, 0.2) is 0 Å². The number of fused-ring (bicyclic) bond motifs is 3. The highest BCUT2D eigenvalue weighted by Gasteiger charge is 2.46. The van der Waals surface area contributed by atoms with Crippen LogP contribution in [-0.4, -0.2) is 47.4 Å². The molecule has 0 aliphatic carbocycles. The predicted octanol–water partition coefficient (Wildman–Crippen LogP) is 1.46. The van der Waals surface area contributed by atoms with Gasteiger partial charge in [0.25, 0.3) is 0 Å². The molecule has 1 aromatic carbocycles. The Bertz CT molecular complexity index is 883. The number of aliphatic hydroxyl groups is 1. The van der Waals surface area contributed by atoms with E-state index < -0.39 is 12.2 Å². The van der Waals surface area contributed by atoms with E-state index in [1.54, 1.807) is 17.2 Å². The second-order valence-electron chi connectivity index (χ2n) is 6.49. The molecule has 0 saturated carbocycles. The van der Waals surface area contributed by atoms with Crippen LogP contribution in [0.25, 0.3) is 11.1 Å². The van der Waals surface area contributed by atoms with Crippen LogP contribution in [0, 0.1) is 0 Å². The van der Waals surface area contributed by atoms with Crippen molar-refractivity contribution in [3.8, 4) is 16.9 Å². The maximum absolute atomic E-state index is 12.4. The smallest absolute Gasteiger partial charge is 0.415 e. The topological polar surface area (TPSA) is 101 Å². The van der Waals surface area contributed by atoms with Gasteiger partial charge in [-0.1, -0.05) is 12.1 Å². The third-order valence-corrected chi connectivity index (χ3v) is 4.71. The number of amides is 2. The number of ether oxygens (including phenoxy) is 2. The first-order valence-electron chi connectivity index (χ1n) is 8.64. The lowest BCUT2D eigenvalue weighted by atomic mass is 10.0. The summed E-state index contributed by atoms with van der Waals surface area (Å²) in [5, 5.41) is 11.8. The number of cyclic esters (lactones) is 1. The molecule has 0 bridgehead atoms. The summed E-state index contributed by atoms with van der Waals surface area (Å²) in [5.41, 5.74) is 3.02. The minimum absolute atomic E-state index is 0.105. The Labute approximate surface area is 155 Å². The molecule has 2 amide bonds. The number of aromatic nitrogens is 1. The van der Waals surface area contributed by atoms with E-state index in [1.165, 1.54) is 6.92 Å². The fourth-order valence-electron chi connectivity index (χ4n) is 3.32. The van der Waals surface area contributed by atoms with E-state index in [9.17, 15) is 9.59 Å². The van der Waals surface area contributed by atoms with Gasteiger partial charge >= 0.3 is 6.09 Å². The van der Waals surface area contributed by atoms with Gasteiger partial charge in [-0.3, -0.25) is 14.7 Å². The second-order valence-corrected chi connectivity index (χ2v) is 6.49. The quantitative estimate of drug-likeness (QED) is 0.846. The van der Waals surface area contributed by atoms with Crippen LogP contribution in [0.1, 0.15) is 12.6 Å². The molecule has 1 saturated heterocycles. The molecule has 27 heavy (non-hydrogen) atoms. The van der Waals surface area contributed by atoms with Crippen molar-refractivity contribution in [3.63, 3.8) is 0 Å². The summed E-state index contributed by atoms with van der Waals surface area (Å²) in [6.45, 7) is 1.85. The summed E-state index contributed by atoms with van der Waals surface area (Å²) < 4.78 is 11.3. The maximum atomic E-state index is 12.4. The molecule has 140 valence electrons. The number of pyridine rings is 1. The fourth-order valence-corrected chi connectivity index (χ4v) is 3.32. The van der Waals surface area contributed by atoms with Gasteiger partial charge in [0, 0.05) is 18.7 Å². The van der Waals surface area contributed by atoms with E-state index in [1.807, 2.05) is 24.3 Å². The lowest BCUT2D eigenvalue weighted by Crippen LogP contribution is -2.47. The second kappa shape index (κ2) is 6.88. The first-order chi connectivity index (χ1) is 13.1. The van der Waals surface area contributed by atoms with Crippen molar-refractivity contribution in [1.29, 1.82) is 0 Å². The Hall–Kier alpha value is -3.13. The van der Waals surface area contributed by atoms with Gasteiger partial charge in [-0.2, -0.15) is 0 Å². The number of carbonyl (C=O) groups is 2. The van der Waals surface area contributed by atoms with Gasteiger partial charge in [-0.25, -0.2) is 4.79 Å². The van der Waals surface area contributed by atoms with Crippen LogP contribution in [0.5, 0.6) is 5.75 Å². The normalized spacial score (nSPS) is 20.4. The molecule has 2 aromatic rings. The predicted molar refractivity (Wildman–Crippen MR) is 96.3 cm³/mol. The van der Waals surface area contributed by atoms with Crippen LogP contribution in [0.15, 0.2) is 36.5 Å². The molecule has 4 rings (SSSR count). The summed E-state index contributed by atoms with van der Waals surface area (Å²) in [6.07, 6.45) is 0.790.